The molecule has 2 atom stereocenters. The van der Waals surface area contributed by atoms with Gasteiger partial charge in [0.1, 0.15) is 5.82 Å². The minimum absolute atomic E-state index is 0.0373. The number of rotatable bonds is 7. The third-order valence-electron chi connectivity index (χ3n) is 9.69. The zero-order valence-electron chi connectivity index (χ0n) is 25.4. The smallest absolute Gasteiger partial charge is 0.253 e. The van der Waals surface area contributed by atoms with Gasteiger partial charge in [-0.1, -0.05) is 12.1 Å². The summed E-state index contributed by atoms with van der Waals surface area (Å²) in [4.78, 5) is 45.5. The number of imidazole rings is 1. The number of nitrogens with zero attached hydrogens (tertiary/aromatic N) is 5. The van der Waals surface area contributed by atoms with Crippen LogP contribution in [0.4, 0.5) is 11.5 Å². The number of hydrogen-bond acceptors (Lipinski definition) is 7. The van der Waals surface area contributed by atoms with Crippen molar-refractivity contribution >= 4 is 34.4 Å². The maximum Gasteiger partial charge on any atom is 0.253 e. The van der Waals surface area contributed by atoms with E-state index in [2.05, 4.69) is 66.6 Å². The van der Waals surface area contributed by atoms with E-state index in [1.807, 2.05) is 31.2 Å². The van der Waals surface area contributed by atoms with Gasteiger partial charge in [0.05, 0.1) is 22.9 Å². The number of aryl methyl sites for hydroxylation is 1. The number of anilines is 2. The van der Waals surface area contributed by atoms with Crippen LogP contribution in [-0.4, -0.2) is 83.0 Å². The van der Waals surface area contributed by atoms with Gasteiger partial charge < -0.3 is 30.3 Å². The number of hydrogen-bond donors (Lipinski definition) is 3. The predicted molar refractivity (Wildman–Crippen MR) is 172 cm³/mol. The van der Waals surface area contributed by atoms with Crippen molar-refractivity contribution in [2.45, 2.75) is 57.3 Å². The van der Waals surface area contributed by atoms with Gasteiger partial charge in [0, 0.05) is 68.3 Å². The fraction of sp³-hybridized carbons (Fsp3) is 0.412. The van der Waals surface area contributed by atoms with Crippen molar-refractivity contribution in [1.82, 2.24) is 30.5 Å². The molecule has 0 radical (unpaired) electrons. The first kappa shape index (κ1) is 28.3. The Morgan fingerprint density at radius 1 is 0.909 bits per heavy atom. The molecule has 4 aromatic rings. The number of aromatic nitrogens is 3. The highest BCUT2D eigenvalue weighted by molar-refractivity contribution is 6.00. The number of piperidine rings is 1. The number of benzene rings is 2. The average Bonchev–Trinajstić information content (AvgIpc) is 3.63. The molecule has 2 aromatic carbocycles. The highest BCUT2D eigenvalue weighted by atomic mass is 16.2. The molecular weight excluding hydrogens is 552 g/mol. The Morgan fingerprint density at radius 2 is 1.66 bits per heavy atom. The third kappa shape index (κ3) is 5.61. The lowest BCUT2D eigenvalue weighted by Crippen LogP contribution is -2.50. The monoisotopic (exact) mass is 592 g/mol. The largest absolute Gasteiger partial charge is 0.369 e. The topological polar surface area (TPSA) is 109 Å². The molecule has 3 N–H and O–H groups in total. The third-order valence-corrected chi connectivity index (χ3v) is 9.69. The van der Waals surface area contributed by atoms with Crippen LogP contribution in [0, 0.1) is 6.92 Å². The van der Waals surface area contributed by atoms with Gasteiger partial charge in [0.25, 0.3) is 11.8 Å². The Bertz CT molecular complexity index is 1630. The fourth-order valence-corrected chi connectivity index (χ4v) is 7.17. The highest BCUT2D eigenvalue weighted by Gasteiger charge is 2.42. The van der Waals surface area contributed by atoms with Crippen molar-refractivity contribution in [3.05, 3.63) is 83.3 Å². The number of carbonyl (C=O) groups excluding carboxylic acids is 2. The molecule has 3 aliphatic heterocycles. The number of H-pyrrole nitrogens is 1. The van der Waals surface area contributed by atoms with Gasteiger partial charge in [-0.3, -0.25) is 9.59 Å². The number of nitrogens with one attached hydrogen (secondary N) is 3. The maximum atomic E-state index is 13.2. The molecule has 10 nitrogen and oxygen atoms in total. The lowest BCUT2D eigenvalue weighted by molar-refractivity contribution is 0.0924. The number of pyridine rings is 1. The van der Waals surface area contributed by atoms with Crippen molar-refractivity contribution < 1.29 is 9.59 Å². The van der Waals surface area contributed by atoms with E-state index in [4.69, 9.17) is 4.98 Å². The number of carbonyl (C=O) groups is 2. The quantitative estimate of drug-likeness (QED) is 0.299. The first-order valence-corrected chi connectivity index (χ1v) is 15.7. The summed E-state index contributed by atoms with van der Waals surface area (Å²) in [5, 5.41) is 6.34. The summed E-state index contributed by atoms with van der Waals surface area (Å²) in [6.45, 7) is 6.65. The van der Waals surface area contributed by atoms with Crippen molar-refractivity contribution in [3.8, 4) is 0 Å². The zero-order valence-corrected chi connectivity index (χ0v) is 25.4. The molecule has 228 valence electrons. The molecule has 3 saturated heterocycles. The molecule has 3 aliphatic rings. The number of piperazine rings is 1. The van der Waals surface area contributed by atoms with E-state index in [0.717, 1.165) is 79.8 Å². The van der Waals surface area contributed by atoms with Crippen LogP contribution < -0.4 is 20.4 Å². The van der Waals surface area contributed by atoms with E-state index in [0.29, 0.717) is 29.8 Å². The molecule has 2 bridgehead atoms. The van der Waals surface area contributed by atoms with Crippen LogP contribution in [0.3, 0.4) is 0 Å². The Balaban J connectivity index is 0.928. The van der Waals surface area contributed by atoms with Crippen LogP contribution in [0.25, 0.3) is 11.0 Å². The van der Waals surface area contributed by atoms with E-state index in [-0.39, 0.29) is 17.9 Å². The molecule has 7 rings (SSSR count). The van der Waals surface area contributed by atoms with Crippen molar-refractivity contribution in [1.29, 1.82) is 0 Å². The minimum Gasteiger partial charge on any atom is -0.369 e. The molecule has 44 heavy (non-hydrogen) atoms. The Hall–Kier alpha value is -4.44. The van der Waals surface area contributed by atoms with Crippen molar-refractivity contribution in [3.63, 3.8) is 0 Å². The predicted octanol–water partition coefficient (Wildman–Crippen LogP) is 3.88. The maximum absolute atomic E-state index is 13.2. The summed E-state index contributed by atoms with van der Waals surface area (Å²) >= 11 is 0. The standard InChI is InChI=1S/C34H40N8O2/c1-22-29(10-11-30-32(22)38-21-37-30)34(44)39-25-17-27-8-9-28(18-25)42(27)31-12-5-24(20-35-31)33(43)36-19-23-3-6-26(7-4-23)41-15-13-40(2)14-16-41/h3-7,10-12,20-21,25,27-28H,8-9,13-19H2,1-2H3,(H,36,43)(H,37,38)(H,39,44). The second-order valence-electron chi connectivity index (χ2n) is 12.5. The van der Waals surface area contributed by atoms with E-state index >= 15 is 0 Å². The lowest BCUT2D eigenvalue weighted by atomic mass is 9.96. The van der Waals surface area contributed by atoms with Crippen LogP contribution in [0.15, 0.2) is 61.1 Å². The summed E-state index contributed by atoms with van der Waals surface area (Å²) in [5.74, 6) is 0.739. The van der Waals surface area contributed by atoms with Gasteiger partial charge in [0.2, 0.25) is 0 Å². The zero-order chi connectivity index (χ0) is 30.2. The molecule has 10 heteroatoms. The van der Waals surface area contributed by atoms with Gasteiger partial charge in [-0.05, 0) is 87.2 Å². The van der Waals surface area contributed by atoms with Crippen molar-refractivity contribution in [2.75, 3.05) is 43.0 Å². The second-order valence-corrected chi connectivity index (χ2v) is 12.5. The van der Waals surface area contributed by atoms with Gasteiger partial charge in [-0.2, -0.15) is 0 Å². The summed E-state index contributed by atoms with van der Waals surface area (Å²) < 4.78 is 0. The van der Waals surface area contributed by atoms with Gasteiger partial charge in [0.15, 0.2) is 0 Å². The Morgan fingerprint density at radius 3 is 2.36 bits per heavy atom. The van der Waals surface area contributed by atoms with Crippen LogP contribution in [0.2, 0.25) is 0 Å². The summed E-state index contributed by atoms with van der Waals surface area (Å²) in [6.07, 6.45) is 7.25. The molecule has 0 saturated carbocycles. The molecule has 2 amide bonds. The Kier molecular flexibility index (Phi) is 7.68. The number of likely N-dealkylation sites (N-methyl/N-ethyl adjacent to an activating group) is 1. The SMILES string of the molecule is Cc1c(C(=O)NC2CC3CCC(C2)N3c2ccc(C(=O)NCc3ccc(N4CCN(C)CC4)cc3)cn2)ccc2[nH]cnc12. The van der Waals surface area contributed by atoms with Crippen LogP contribution in [0.1, 0.15) is 57.5 Å². The summed E-state index contributed by atoms with van der Waals surface area (Å²) in [6, 6.07) is 16.9. The molecule has 2 unspecified atom stereocenters. The normalized spacial score (nSPS) is 21.9. The van der Waals surface area contributed by atoms with Gasteiger partial charge in [-0.25, -0.2) is 9.97 Å². The molecular formula is C34H40N8O2. The molecule has 0 aliphatic carbocycles. The first-order valence-electron chi connectivity index (χ1n) is 15.7. The number of fused-ring (bicyclic) bond motifs is 3. The van der Waals surface area contributed by atoms with Crippen molar-refractivity contribution in [2.24, 2.45) is 0 Å². The summed E-state index contributed by atoms with van der Waals surface area (Å²) in [5.41, 5.74) is 6.21. The van der Waals surface area contributed by atoms with E-state index in [9.17, 15) is 9.59 Å². The lowest BCUT2D eigenvalue weighted by Gasteiger charge is -2.40. The average molecular weight is 593 g/mol. The molecule has 5 heterocycles. The van der Waals surface area contributed by atoms with E-state index in [1.54, 1.807) is 12.5 Å². The fourth-order valence-electron chi connectivity index (χ4n) is 7.17. The Labute approximate surface area is 257 Å². The summed E-state index contributed by atoms with van der Waals surface area (Å²) in [7, 11) is 2.16. The molecule has 2 aromatic heterocycles. The van der Waals surface area contributed by atoms with Crippen LogP contribution in [0.5, 0.6) is 0 Å². The highest BCUT2D eigenvalue weighted by Crippen LogP contribution is 2.38. The second kappa shape index (κ2) is 11.9. The number of amides is 2. The first-order chi connectivity index (χ1) is 21.4. The van der Waals surface area contributed by atoms with Gasteiger partial charge in [-0.15, -0.1) is 0 Å². The van der Waals surface area contributed by atoms with Gasteiger partial charge >= 0.3 is 0 Å². The molecule has 3 fully saturated rings. The number of aromatic amines is 1. The van der Waals surface area contributed by atoms with Crippen LogP contribution >= 0.6 is 0 Å². The van der Waals surface area contributed by atoms with Crippen LogP contribution in [-0.2, 0) is 6.54 Å². The minimum atomic E-state index is -0.125. The molecule has 0 spiro atoms. The van der Waals surface area contributed by atoms with E-state index < -0.39 is 0 Å². The van der Waals surface area contributed by atoms with E-state index in [1.165, 1.54) is 5.69 Å².